The molecule has 0 saturated heterocycles. The molecule has 0 fully saturated rings. The molecule has 0 bridgehead atoms. The van der Waals surface area contributed by atoms with Gasteiger partial charge in [-0.15, -0.1) is 0 Å². The van der Waals surface area contributed by atoms with Crippen molar-refractivity contribution in [2.75, 3.05) is 0 Å². The highest BCUT2D eigenvalue weighted by Crippen LogP contribution is 2.46. The molecule has 1 aliphatic rings. The van der Waals surface area contributed by atoms with Gasteiger partial charge in [-0.25, -0.2) is 0 Å². The van der Waals surface area contributed by atoms with Crippen molar-refractivity contribution in [1.82, 2.24) is 0 Å². The van der Waals surface area contributed by atoms with Crippen LogP contribution in [0.3, 0.4) is 0 Å². The highest BCUT2D eigenvalue weighted by atomic mass is 79.9. The van der Waals surface area contributed by atoms with Crippen LogP contribution in [0.1, 0.15) is 6.92 Å². The van der Waals surface area contributed by atoms with Crippen LogP contribution < -0.4 is 0 Å². The SMILES string of the molecule is CC1(Br)C(Br)=CC=C(P=O)C1Br. The van der Waals surface area contributed by atoms with E-state index >= 15 is 0 Å². The van der Waals surface area contributed by atoms with E-state index in [9.17, 15) is 4.57 Å². The number of rotatable bonds is 1. The maximum Gasteiger partial charge on any atom is 0.189 e. The van der Waals surface area contributed by atoms with Crippen LogP contribution in [0.5, 0.6) is 0 Å². The highest BCUT2D eigenvalue weighted by Gasteiger charge is 2.37. The first-order valence-electron chi connectivity index (χ1n) is 3.24. The molecule has 0 aromatic rings. The zero-order valence-electron chi connectivity index (χ0n) is 6.22. The van der Waals surface area contributed by atoms with Gasteiger partial charge in [0, 0.05) is 9.80 Å². The molecule has 0 aromatic heterocycles. The van der Waals surface area contributed by atoms with Crippen LogP contribution in [0.25, 0.3) is 0 Å². The first kappa shape index (κ1) is 11.1. The van der Waals surface area contributed by atoms with E-state index in [2.05, 4.69) is 47.8 Å². The summed E-state index contributed by atoms with van der Waals surface area (Å²) < 4.78 is 11.5. The minimum Gasteiger partial charge on any atom is -0.270 e. The molecule has 5 heteroatoms. The first-order chi connectivity index (χ1) is 5.50. The summed E-state index contributed by atoms with van der Waals surface area (Å²) >= 11 is 10.5. The quantitative estimate of drug-likeness (QED) is 0.490. The minimum atomic E-state index is -0.200. The van der Waals surface area contributed by atoms with E-state index in [1.165, 1.54) is 0 Å². The van der Waals surface area contributed by atoms with Crippen molar-refractivity contribution in [3.8, 4) is 0 Å². The number of allylic oxidation sites excluding steroid dienone is 4. The van der Waals surface area contributed by atoms with Gasteiger partial charge in [0.05, 0.1) is 9.15 Å². The van der Waals surface area contributed by atoms with Crippen molar-refractivity contribution >= 4 is 56.2 Å². The van der Waals surface area contributed by atoms with Crippen LogP contribution in [0.15, 0.2) is 21.9 Å². The first-order valence-corrected chi connectivity index (χ1v) is 6.55. The number of halogens is 3. The average molecular weight is 377 g/mol. The third-order valence-electron chi connectivity index (χ3n) is 1.71. The van der Waals surface area contributed by atoms with Crippen LogP contribution in [-0.4, -0.2) is 9.15 Å². The molecule has 2 atom stereocenters. The lowest BCUT2D eigenvalue weighted by Gasteiger charge is -2.30. The largest absolute Gasteiger partial charge is 0.270 e. The van der Waals surface area contributed by atoms with Gasteiger partial charge < -0.3 is 0 Å². The normalized spacial score (nSPS) is 36.2. The lowest BCUT2D eigenvalue weighted by molar-refractivity contribution is 0.600. The van der Waals surface area contributed by atoms with Crippen LogP contribution in [-0.2, 0) is 4.57 Å². The van der Waals surface area contributed by atoms with Crippen molar-refractivity contribution in [1.29, 1.82) is 0 Å². The average Bonchev–Trinajstić information content (AvgIpc) is 2.02. The molecular formula is C7H6Br3OP. The van der Waals surface area contributed by atoms with E-state index in [1.807, 2.05) is 19.1 Å². The second-order valence-electron chi connectivity index (χ2n) is 2.64. The zero-order valence-corrected chi connectivity index (χ0v) is 11.9. The van der Waals surface area contributed by atoms with Gasteiger partial charge in [-0.1, -0.05) is 47.8 Å². The zero-order chi connectivity index (χ0) is 9.35. The van der Waals surface area contributed by atoms with Gasteiger partial charge in [-0.05, 0) is 19.1 Å². The van der Waals surface area contributed by atoms with Crippen LogP contribution in [0.4, 0.5) is 0 Å². The van der Waals surface area contributed by atoms with Crippen molar-refractivity contribution in [3.63, 3.8) is 0 Å². The van der Waals surface area contributed by atoms with Gasteiger partial charge in [0.2, 0.25) is 0 Å². The molecule has 0 N–H and O–H groups in total. The fourth-order valence-electron chi connectivity index (χ4n) is 0.881. The summed E-state index contributed by atoms with van der Waals surface area (Å²) in [6, 6.07) is 0. The van der Waals surface area contributed by atoms with Crippen LogP contribution in [0.2, 0.25) is 0 Å². The number of alkyl halides is 2. The Kier molecular flexibility index (Phi) is 3.73. The fraction of sp³-hybridized carbons (Fsp3) is 0.429. The molecule has 0 radical (unpaired) electrons. The summed E-state index contributed by atoms with van der Waals surface area (Å²) in [5, 5.41) is 0.845. The van der Waals surface area contributed by atoms with E-state index in [-0.39, 0.29) is 17.6 Å². The Morgan fingerprint density at radius 3 is 2.67 bits per heavy atom. The smallest absolute Gasteiger partial charge is 0.189 e. The third kappa shape index (κ3) is 1.92. The fourth-order valence-corrected chi connectivity index (χ4v) is 3.24. The summed E-state index contributed by atoms with van der Waals surface area (Å²) in [5.74, 6) is 0. The lowest BCUT2D eigenvalue weighted by atomic mass is 10.0. The Hall–Kier alpha value is 1.02. The van der Waals surface area contributed by atoms with E-state index in [1.54, 1.807) is 0 Å². The van der Waals surface area contributed by atoms with Gasteiger partial charge in [0.1, 0.15) is 0 Å². The molecule has 0 saturated carbocycles. The molecule has 1 nitrogen and oxygen atoms in total. The monoisotopic (exact) mass is 374 g/mol. The van der Waals surface area contributed by atoms with E-state index in [0.717, 1.165) is 9.80 Å². The Bertz CT molecular complexity index is 270. The van der Waals surface area contributed by atoms with Gasteiger partial charge in [0.25, 0.3) is 0 Å². The predicted octanol–water partition coefficient (Wildman–Crippen LogP) is 4.37. The summed E-state index contributed by atoms with van der Waals surface area (Å²) in [7, 11) is 0.0698. The third-order valence-corrected chi connectivity index (χ3v) is 7.21. The van der Waals surface area contributed by atoms with Crippen molar-refractivity contribution < 1.29 is 4.57 Å². The predicted molar refractivity (Wildman–Crippen MR) is 62.7 cm³/mol. The van der Waals surface area contributed by atoms with E-state index in [4.69, 9.17) is 0 Å². The topological polar surface area (TPSA) is 17.1 Å². The molecule has 1 rings (SSSR count). The lowest BCUT2D eigenvalue weighted by Crippen LogP contribution is -2.30. The second-order valence-corrected chi connectivity index (χ2v) is 6.75. The molecular weight excluding hydrogens is 371 g/mol. The maximum absolute atomic E-state index is 10.7. The van der Waals surface area contributed by atoms with Crippen molar-refractivity contribution in [2.45, 2.75) is 16.1 Å². The minimum absolute atomic E-state index is 0.0588. The van der Waals surface area contributed by atoms with Gasteiger partial charge >= 0.3 is 0 Å². The van der Waals surface area contributed by atoms with E-state index < -0.39 is 0 Å². The Balaban J connectivity index is 3.08. The Morgan fingerprint density at radius 2 is 2.17 bits per heavy atom. The molecule has 0 aliphatic heterocycles. The molecule has 12 heavy (non-hydrogen) atoms. The van der Waals surface area contributed by atoms with Crippen LogP contribution >= 0.6 is 56.2 Å². The number of hydrogen-bond acceptors (Lipinski definition) is 1. The molecule has 0 heterocycles. The summed E-state index contributed by atoms with van der Waals surface area (Å²) in [6.45, 7) is 2.02. The van der Waals surface area contributed by atoms with Crippen molar-refractivity contribution in [2.24, 2.45) is 0 Å². The number of hydrogen-bond donors (Lipinski definition) is 0. The molecule has 1 aliphatic carbocycles. The molecule has 66 valence electrons. The molecule has 0 aromatic carbocycles. The van der Waals surface area contributed by atoms with Gasteiger partial charge in [0.15, 0.2) is 8.46 Å². The molecule has 0 spiro atoms. The summed E-state index contributed by atoms with van der Waals surface area (Å²) in [6.07, 6.45) is 3.76. The standard InChI is InChI=1S/C7H6Br3OP/c1-7(10)5(8)3-2-4(12-11)6(7)9/h2-3,6H,1H3. The maximum atomic E-state index is 10.7. The second kappa shape index (κ2) is 4.04. The Morgan fingerprint density at radius 1 is 1.58 bits per heavy atom. The summed E-state index contributed by atoms with van der Waals surface area (Å²) in [5.41, 5.74) is 0. The van der Waals surface area contributed by atoms with E-state index in [0.29, 0.717) is 0 Å². The molecule has 0 amide bonds. The van der Waals surface area contributed by atoms with Gasteiger partial charge in [-0.2, -0.15) is 0 Å². The Labute approximate surface area is 98.3 Å². The van der Waals surface area contributed by atoms with Crippen molar-refractivity contribution in [3.05, 3.63) is 21.9 Å². The van der Waals surface area contributed by atoms with Gasteiger partial charge in [-0.3, -0.25) is 4.57 Å². The van der Waals surface area contributed by atoms with Crippen LogP contribution in [0, 0.1) is 0 Å². The molecule has 2 unspecified atom stereocenters. The summed E-state index contributed by atoms with van der Waals surface area (Å²) in [4.78, 5) is 0.0588. The highest BCUT2D eigenvalue weighted by molar-refractivity contribution is 9.15.